The van der Waals surface area contributed by atoms with Crippen LogP contribution in [0.1, 0.15) is 41.1 Å². The maximum Gasteiger partial charge on any atom is 0.231 e. The third-order valence-electron chi connectivity index (χ3n) is 5.84. The number of likely N-dealkylation sites (tertiary alicyclic amines) is 1. The number of fused-ring (bicyclic) bond motifs is 1. The zero-order valence-corrected chi connectivity index (χ0v) is 17.0. The van der Waals surface area contributed by atoms with Gasteiger partial charge in [0.1, 0.15) is 0 Å². The Bertz CT molecular complexity index is 989. The highest BCUT2D eigenvalue weighted by Crippen LogP contribution is 2.38. The maximum atomic E-state index is 6.50. The highest BCUT2D eigenvalue weighted by molar-refractivity contribution is 6.31. The Kier molecular flexibility index (Phi) is 5.17. The van der Waals surface area contributed by atoms with Crippen molar-refractivity contribution in [3.63, 3.8) is 0 Å². The van der Waals surface area contributed by atoms with Gasteiger partial charge in [-0.15, -0.1) is 0 Å². The molecule has 0 radical (unpaired) electrons. The van der Waals surface area contributed by atoms with Crippen LogP contribution in [0.15, 0.2) is 48.7 Å². The topological polar surface area (TPSA) is 50.4 Å². The van der Waals surface area contributed by atoms with Crippen LogP contribution >= 0.6 is 11.6 Å². The zero-order valence-electron chi connectivity index (χ0n) is 16.2. The molecule has 0 spiro atoms. The summed E-state index contributed by atoms with van der Waals surface area (Å²) in [5.74, 6) is 1.98. The van der Waals surface area contributed by atoms with Crippen LogP contribution in [-0.2, 0) is 13.0 Å². The van der Waals surface area contributed by atoms with Gasteiger partial charge in [0.2, 0.25) is 6.79 Å². The smallest absolute Gasteiger partial charge is 0.231 e. The minimum absolute atomic E-state index is 0.269. The first kappa shape index (κ1) is 18.5. The van der Waals surface area contributed by atoms with Crippen molar-refractivity contribution in [3.05, 3.63) is 76.1 Å². The first-order valence-corrected chi connectivity index (χ1v) is 10.5. The second kappa shape index (κ2) is 8.09. The van der Waals surface area contributed by atoms with E-state index in [1.807, 2.05) is 18.3 Å². The second-order valence-corrected chi connectivity index (χ2v) is 8.25. The number of piperidine rings is 1. The maximum absolute atomic E-state index is 6.50. The molecule has 150 valence electrons. The molecule has 2 aliphatic rings. The van der Waals surface area contributed by atoms with Crippen molar-refractivity contribution in [2.75, 3.05) is 19.9 Å². The summed E-state index contributed by atoms with van der Waals surface area (Å²) in [5, 5.41) is 8.39. The van der Waals surface area contributed by atoms with Gasteiger partial charge in [0.05, 0.1) is 6.20 Å². The molecule has 0 amide bonds. The van der Waals surface area contributed by atoms with E-state index in [2.05, 4.69) is 45.4 Å². The third kappa shape index (κ3) is 3.98. The predicted molar refractivity (Wildman–Crippen MR) is 113 cm³/mol. The Morgan fingerprint density at radius 1 is 1.10 bits per heavy atom. The molecule has 0 saturated carbocycles. The monoisotopic (exact) mass is 409 g/mol. The van der Waals surface area contributed by atoms with E-state index >= 15 is 0 Å². The molecule has 2 aromatic carbocycles. The van der Waals surface area contributed by atoms with Crippen LogP contribution in [0.3, 0.4) is 0 Å². The van der Waals surface area contributed by atoms with E-state index in [4.69, 9.17) is 21.1 Å². The van der Waals surface area contributed by atoms with E-state index in [1.165, 1.54) is 23.2 Å². The van der Waals surface area contributed by atoms with Gasteiger partial charge in [0.25, 0.3) is 0 Å². The molecule has 2 aliphatic heterocycles. The number of nitrogens with zero attached hydrogens (tertiary/aromatic N) is 2. The quantitative estimate of drug-likeness (QED) is 0.659. The SMILES string of the molecule is Clc1cc2c(cc1CN1CCCC(c3[nH]ncc3Cc3ccccc3)C1)OCO2. The van der Waals surface area contributed by atoms with Crippen LogP contribution in [0.4, 0.5) is 0 Å². The number of nitrogens with one attached hydrogen (secondary N) is 1. The van der Waals surface area contributed by atoms with Gasteiger partial charge in [-0.3, -0.25) is 10.00 Å². The molecular weight excluding hydrogens is 386 g/mol. The average Bonchev–Trinajstić information content (AvgIpc) is 3.38. The number of hydrogen-bond acceptors (Lipinski definition) is 4. The van der Waals surface area contributed by atoms with Crippen LogP contribution < -0.4 is 9.47 Å². The molecule has 1 atom stereocenters. The summed E-state index contributed by atoms with van der Waals surface area (Å²) in [4.78, 5) is 2.48. The van der Waals surface area contributed by atoms with Crippen molar-refractivity contribution in [2.24, 2.45) is 0 Å². The number of aromatic nitrogens is 2. The molecule has 0 aliphatic carbocycles. The summed E-state index contributed by atoms with van der Waals surface area (Å²) < 4.78 is 10.9. The normalized spacial score (nSPS) is 18.9. The van der Waals surface area contributed by atoms with Gasteiger partial charge in [-0.2, -0.15) is 5.10 Å². The summed E-state index contributed by atoms with van der Waals surface area (Å²) in [7, 11) is 0. The van der Waals surface area contributed by atoms with Gasteiger partial charge < -0.3 is 9.47 Å². The van der Waals surface area contributed by atoms with Gasteiger partial charge in [0.15, 0.2) is 11.5 Å². The Labute approximate surface area is 175 Å². The van der Waals surface area contributed by atoms with E-state index < -0.39 is 0 Å². The minimum Gasteiger partial charge on any atom is -0.454 e. The summed E-state index contributed by atoms with van der Waals surface area (Å²) >= 11 is 6.50. The third-order valence-corrected chi connectivity index (χ3v) is 6.19. The molecule has 6 heteroatoms. The van der Waals surface area contributed by atoms with Crippen LogP contribution in [0.5, 0.6) is 11.5 Å². The summed E-state index contributed by atoms with van der Waals surface area (Å²) in [5.41, 5.74) is 4.97. The van der Waals surface area contributed by atoms with Gasteiger partial charge in [-0.1, -0.05) is 41.9 Å². The van der Waals surface area contributed by atoms with E-state index in [9.17, 15) is 0 Å². The van der Waals surface area contributed by atoms with Crippen molar-refractivity contribution < 1.29 is 9.47 Å². The molecule has 1 N–H and O–H groups in total. The lowest BCUT2D eigenvalue weighted by Gasteiger charge is -2.33. The highest BCUT2D eigenvalue weighted by atomic mass is 35.5. The number of H-pyrrole nitrogens is 1. The van der Waals surface area contributed by atoms with Crippen molar-refractivity contribution in [1.29, 1.82) is 0 Å². The van der Waals surface area contributed by atoms with Gasteiger partial charge >= 0.3 is 0 Å². The van der Waals surface area contributed by atoms with E-state index in [-0.39, 0.29) is 6.79 Å². The fraction of sp³-hybridized carbons (Fsp3) is 0.348. The number of rotatable bonds is 5. The number of halogens is 1. The van der Waals surface area contributed by atoms with Crippen LogP contribution in [0.2, 0.25) is 5.02 Å². The Balaban J connectivity index is 1.30. The lowest BCUT2D eigenvalue weighted by Crippen LogP contribution is -2.34. The molecule has 1 aromatic heterocycles. The summed E-state index contributed by atoms with van der Waals surface area (Å²) in [6, 6.07) is 14.5. The van der Waals surface area contributed by atoms with Crippen molar-refractivity contribution >= 4 is 11.6 Å². The molecule has 0 bridgehead atoms. The summed E-state index contributed by atoms with van der Waals surface area (Å²) in [6.07, 6.45) is 5.24. The second-order valence-electron chi connectivity index (χ2n) is 7.84. The summed E-state index contributed by atoms with van der Waals surface area (Å²) in [6.45, 7) is 3.15. The molecule has 5 rings (SSSR count). The van der Waals surface area contributed by atoms with Crippen LogP contribution in [-0.4, -0.2) is 35.0 Å². The Morgan fingerprint density at radius 2 is 1.93 bits per heavy atom. The Hall–Kier alpha value is -2.50. The number of hydrogen-bond donors (Lipinski definition) is 1. The van der Waals surface area contributed by atoms with Gasteiger partial charge in [-0.25, -0.2) is 0 Å². The molecule has 1 unspecified atom stereocenters. The van der Waals surface area contributed by atoms with Crippen LogP contribution in [0, 0.1) is 0 Å². The first-order chi connectivity index (χ1) is 14.3. The van der Waals surface area contributed by atoms with Crippen molar-refractivity contribution in [1.82, 2.24) is 15.1 Å². The molecule has 1 saturated heterocycles. The highest BCUT2D eigenvalue weighted by Gasteiger charge is 2.26. The molecular formula is C23H24ClN3O2. The van der Waals surface area contributed by atoms with E-state index in [1.54, 1.807) is 0 Å². The van der Waals surface area contributed by atoms with E-state index in [0.29, 0.717) is 5.92 Å². The van der Waals surface area contributed by atoms with Crippen molar-refractivity contribution in [2.45, 2.75) is 31.7 Å². The molecule has 3 heterocycles. The molecule has 3 aromatic rings. The standard InChI is InChI=1S/C23H24ClN3O2/c24-20-11-22-21(28-15-29-22)10-19(20)14-27-8-4-7-17(13-27)23-18(12-25-26-23)9-16-5-2-1-3-6-16/h1-3,5-6,10-12,17H,4,7-9,13-15H2,(H,25,26). The predicted octanol–water partition coefficient (Wildman–Crippen LogP) is 4.76. The van der Waals surface area contributed by atoms with Crippen LogP contribution in [0.25, 0.3) is 0 Å². The number of ether oxygens (including phenoxy) is 2. The fourth-order valence-electron chi connectivity index (χ4n) is 4.39. The van der Waals surface area contributed by atoms with Crippen molar-refractivity contribution in [3.8, 4) is 11.5 Å². The van der Waals surface area contributed by atoms with Gasteiger partial charge in [-0.05, 0) is 42.1 Å². The van der Waals surface area contributed by atoms with E-state index in [0.717, 1.165) is 54.6 Å². The minimum atomic E-state index is 0.269. The fourth-order valence-corrected chi connectivity index (χ4v) is 4.60. The lowest BCUT2D eigenvalue weighted by molar-refractivity contribution is 0.173. The first-order valence-electron chi connectivity index (χ1n) is 10.1. The average molecular weight is 410 g/mol. The molecule has 5 nitrogen and oxygen atoms in total. The number of aromatic amines is 1. The molecule has 29 heavy (non-hydrogen) atoms. The molecule has 1 fully saturated rings. The lowest BCUT2D eigenvalue weighted by atomic mass is 9.90. The largest absolute Gasteiger partial charge is 0.454 e. The number of benzene rings is 2. The van der Waals surface area contributed by atoms with Gasteiger partial charge in [0, 0.05) is 42.2 Å². The Morgan fingerprint density at radius 3 is 2.79 bits per heavy atom. The zero-order chi connectivity index (χ0) is 19.6.